The Morgan fingerprint density at radius 3 is 2.78 bits per heavy atom. The van der Waals surface area contributed by atoms with Gasteiger partial charge in [-0.15, -0.1) is 0 Å². The molecular weight excluding hydrogens is 226 g/mol. The summed E-state index contributed by atoms with van der Waals surface area (Å²) in [7, 11) is 0. The molecule has 1 saturated carbocycles. The number of amides is 1. The molecule has 0 aliphatic heterocycles. The van der Waals surface area contributed by atoms with Crippen LogP contribution in [0.2, 0.25) is 0 Å². The van der Waals surface area contributed by atoms with Crippen LogP contribution in [0, 0.1) is 5.92 Å². The van der Waals surface area contributed by atoms with E-state index in [0.717, 1.165) is 18.4 Å². The molecule has 1 atom stereocenters. The van der Waals surface area contributed by atoms with Gasteiger partial charge in [0.15, 0.2) is 0 Å². The van der Waals surface area contributed by atoms with E-state index in [1.807, 2.05) is 37.1 Å². The molecule has 1 fully saturated rings. The van der Waals surface area contributed by atoms with Gasteiger partial charge in [-0.05, 0) is 30.4 Å². The fourth-order valence-electron chi connectivity index (χ4n) is 1.94. The van der Waals surface area contributed by atoms with Crippen LogP contribution in [-0.4, -0.2) is 27.9 Å². The molecule has 1 heterocycles. The normalized spacial score (nSPS) is 16.7. The van der Waals surface area contributed by atoms with Gasteiger partial charge >= 0.3 is 0 Å². The van der Waals surface area contributed by atoms with Crippen LogP contribution < -0.4 is 5.73 Å². The van der Waals surface area contributed by atoms with Crippen LogP contribution in [0.5, 0.6) is 0 Å². The van der Waals surface area contributed by atoms with E-state index in [1.54, 1.807) is 6.20 Å². The zero-order valence-electron chi connectivity index (χ0n) is 11.0. The first-order chi connectivity index (χ1) is 8.59. The maximum atomic E-state index is 12.4. The molecule has 1 aromatic heterocycles. The Hall–Kier alpha value is -1.42. The molecule has 18 heavy (non-hydrogen) atoms. The van der Waals surface area contributed by atoms with Gasteiger partial charge in [-0.3, -0.25) is 9.78 Å². The van der Waals surface area contributed by atoms with Crippen molar-refractivity contribution in [2.75, 3.05) is 0 Å². The van der Waals surface area contributed by atoms with Crippen molar-refractivity contribution in [3.63, 3.8) is 0 Å². The molecule has 1 aliphatic rings. The van der Waals surface area contributed by atoms with E-state index >= 15 is 0 Å². The molecule has 1 aromatic rings. The van der Waals surface area contributed by atoms with Crippen molar-refractivity contribution >= 4 is 5.91 Å². The molecule has 0 spiro atoms. The standard InChI is InChI=1S/C14H21N3O/c1-10(2)13(15)14(18)17(12-5-6-12)9-11-4-3-7-16-8-11/h3-4,7-8,10,12-13H,5-6,9,15H2,1-2H3/t13-/m0/s1. The number of nitrogens with two attached hydrogens (primary N) is 1. The molecule has 4 nitrogen and oxygen atoms in total. The highest BCUT2D eigenvalue weighted by molar-refractivity contribution is 5.82. The molecule has 0 aromatic carbocycles. The average Bonchev–Trinajstić information content (AvgIpc) is 3.19. The van der Waals surface area contributed by atoms with Gasteiger partial charge in [0.05, 0.1) is 6.04 Å². The zero-order chi connectivity index (χ0) is 13.1. The highest BCUT2D eigenvalue weighted by atomic mass is 16.2. The Morgan fingerprint density at radius 2 is 2.28 bits per heavy atom. The lowest BCUT2D eigenvalue weighted by atomic mass is 10.0. The third-order valence-electron chi connectivity index (χ3n) is 3.35. The molecule has 98 valence electrons. The summed E-state index contributed by atoms with van der Waals surface area (Å²) in [4.78, 5) is 18.4. The summed E-state index contributed by atoms with van der Waals surface area (Å²) in [5, 5.41) is 0. The zero-order valence-corrected chi connectivity index (χ0v) is 11.0. The summed E-state index contributed by atoms with van der Waals surface area (Å²) in [5.41, 5.74) is 7.04. The minimum atomic E-state index is -0.401. The van der Waals surface area contributed by atoms with Gasteiger partial charge in [0.1, 0.15) is 0 Å². The Balaban J connectivity index is 2.07. The van der Waals surface area contributed by atoms with Crippen molar-refractivity contribution in [1.29, 1.82) is 0 Å². The number of hydrogen-bond acceptors (Lipinski definition) is 3. The van der Waals surface area contributed by atoms with Gasteiger partial charge in [-0.1, -0.05) is 19.9 Å². The summed E-state index contributed by atoms with van der Waals surface area (Å²) < 4.78 is 0. The Kier molecular flexibility index (Phi) is 3.97. The quantitative estimate of drug-likeness (QED) is 0.859. The third-order valence-corrected chi connectivity index (χ3v) is 3.35. The van der Waals surface area contributed by atoms with Crippen molar-refractivity contribution in [2.45, 2.75) is 45.3 Å². The predicted molar refractivity (Wildman–Crippen MR) is 70.6 cm³/mol. The van der Waals surface area contributed by atoms with Crippen LogP contribution in [0.15, 0.2) is 24.5 Å². The number of carbonyl (C=O) groups excluding carboxylic acids is 1. The van der Waals surface area contributed by atoms with Crippen LogP contribution in [0.25, 0.3) is 0 Å². The fraction of sp³-hybridized carbons (Fsp3) is 0.571. The summed E-state index contributed by atoms with van der Waals surface area (Å²) in [6.07, 6.45) is 5.74. The smallest absolute Gasteiger partial charge is 0.240 e. The first kappa shape index (κ1) is 13.0. The Labute approximate surface area is 108 Å². The van der Waals surface area contributed by atoms with Gasteiger partial charge in [-0.2, -0.15) is 0 Å². The van der Waals surface area contributed by atoms with Crippen molar-refractivity contribution in [2.24, 2.45) is 11.7 Å². The molecule has 0 radical (unpaired) electrons. The highest BCUT2D eigenvalue weighted by Crippen LogP contribution is 2.29. The van der Waals surface area contributed by atoms with Gasteiger partial charge in [-0.25, -0.2) is 0 Å². The maximum absolute atomic E-state index is 12.4. The molecule has 2 rings (SSSR count). The van der Waals surface area contributed by atoms with Gasteiger partial charge in [0.25, 0.3) is 0 Å². The van der Waals surface area contributed by atoms with Crippen molar-refractivity contribution in [1.82, 2.24) is 9.88 Å². The third kappa shape index (κ3) is 3.07. The first-order valence-corrected chi connectivity index (χ1v) is 6.54. The Bertz CT molecular complexity index is 401. The number of carbonyl (C=O) groups is 1. The molecule has 0 bridgehead atoms. The van der Waals surface area contributed by atoms with E-state index in [4.69, 9.17) is 5.73 Å². The minimum Gasteiger partial charge on any atom is -0.334 e. The number of pyridine rings is 1. The fourth-order valence-corrected chi connectivity index (χ4v) is 1.94. The summed E-state index contributed by atoms with van der Waals surface area (Å²) >= 11 is 0. The van der Waals surface area contributed by atoms with Gasteiger partial charge < -0.3 is 10.6 Å². The largest absolute Gasteiger partial charge is 0.334 e. The number of nitrogens with zero attached hydrogens (tertiary/aromatic N) is 2. The highest BCUT2D eigenvalue weighted by Gasteiger charge is 2.35. The lowest BCUT2D eigenvalue weighted by molar-refractivity contribution is -0.134. The minimum absolute atomic E-state index is 0.0661. The average molecular weight is 247 g/mol. The monoisotopic (exact) mass is 247 g/mol. The second-order valence-corrected chi connectivity index (χ2v) is 5.33. The van der Waals surface area contributed by atoms with Crippen LogP contribution in [0.4, 0.5) is 0 Å². The molecule has 1 aliphatic carbocycles. The van der Waals surface area contributed by atoms with Crippen molar-refractivity contribution in [3.8, 4) is 0 Å². The molecular formula is C14H21N3O. The van der Waals surface area contributed by atoms with Crippen LogP contribution in [0.3, 0.4) is 0 Å². The first-order valence-electron chi connectivity index (χ1n) is 6.54. The summed E-state index contributed by atoms with van der Waals surface area (Å²) in [5.74, 6) is 0.240. The predicted octanol–water partition coefficient (Wildman–Crippen LogP) is 1.56. The maximum Gasteiger partial charge on any atom is 0.240 e. The van der Waals surface area contributed by atoms with Gasteiger partial charge in [0.2, 0.25) is 5.91 Å². The van der Waals surface area contributed by atoms with E-state index in [1.165, 1.54) is 0 Å². The molecule has 2 N–H and O–H groups in total. The molecule has 1 amide bonds. The lowest BCUT2D eigenvalue weighted by Gasteiger charge is -2.27. The number of hydrogen-bond donors (Lipinski definition) is 1. The van der Waals surface area contributed by atoms with Gasteiger partial charge in [0, 0.05) is 25.0 Å². The lowest BCUT2D eigenvalue weighted by Crippen LogP contribution is -2.47. The summed E-state index contributed by atoms with van der Waals surface area (Å²) in [6.45, 7) is 4.59. The topological polar surface area (TPSA) is 59.2 Å². The van der Waals surface area contributed by atoms with Crippen LogP contribution in [-0.2, 0) is 11.3 Å². The van der Waals surface area contributed by atoms with E-state index in [-0.39, 0.29) is 11.8 Å². The Morgan fingerprint density at radius 1 is 1.56 bits per heavy atom. The second-order valence-electron chi connectivity index (χ2n) is 5.33. The SMILES string of the molecule is CC(C)[C@H](N)C(=O)N(Cc1cccnc1)C1CC1. The van der Waals surface area contributed by atoms with Crippen molar-refractivity contribution < 1.29 is 4.79 Å². The van der Waals surface area contributed by atoms with Crippen LogP contribution >= 0.6 is 0 Å². The molecule has 0 unspecified atom stereocenters. The van der Waals surface area contributed by atoms with E-state index in [9.17, 15) is 4.79 Å². The second kappa shape index (κ2) is 5.48. The van der Waals surface area contributed by atoms with Crippen LogP contribution in [0.1, 0.15) is 32.3 Å². The van der Waals surface area contributed by atoms with E-state index in [0.29, 0.717) is 12.6 Å². The van der Waals surface area contributed by atoms with E-state index < -0.39 is 6.04 Å². The number of rotatable bonds is 5. The summed E-state index contributed by atoms with van der Waals surface area (Å²) in [6, 6.07) is 3.87. The van der Waals surface area contributed by atoms with Crippen molar-refractivity contribution in [3.05, 3.63) is 30.1 Å². The molecule has 0 saturated heterocycles. The molecule has 4 heteroatoms. The van der Waals surface area contributed by atoms with E-state index in [2.05, 4.69) is 4.98 Å². The number of aromatic nitrogens is 1.